The van der Waals surface area contributed by atoms with Crippen LogP contribution >= 0.6 is 15.9 Å². The molecule has 0 fully saturated rings. The highest BCUT2D eigenvalue weighted by atomic mass is 79.9. The maximum absolute atomic E-state index is 11.5. The first kappa shape index (κ1) is 12.2. The number of hydrogen-bond acceptors (Lipinski definition) is 2. The van der Waals surface area contributed by atoms with E-state index in [2.05, 4.69) is 15.9 Å². The van der Waals surface area contributed by atoms with Crippen molar-refractivity contribution in [3.05, 3.63) is 34.9 Å². The van der Waals surface area contributed by atoms with E-state index >= 15 is 0 Å². The Hall–Kier alpha value is -0.830. The van der Waals surface area contributed by atoms with E-state index in [9.17, 15) is 4.79 Å². The van der Waals surface area contributed by atoms with Crippen molar-refractivity contribution in [1.29, 1.82) is 0 Å². The number of benzene rings is 1. The van der Waals surface area contributed by atoms with Gasteiger partial charge in [0.15, 0.2) is 0 Å². The van der Waals surface area contributed by atoms with Crippen molar-refractivity contribution >= 4 is 21.9 Å². The summed E-state index contributed by atoms with van der Waals surface area (Å²) in [5.74, 6) is -0.237. The molecule has 0 radical (unpaired) electrons. The molecule has 0 aliphatic heterocycles. The third-order valence-corrected chi connectivity index (χ3v) is 2.81. The van der Waals surface area contributed by atoms with Gasteiger partial charge in [-0.2, -0.15) is 0 Å². The number of alkyl halides is 1. The molecular formula is C12H15BrO2. The second-order valence-electron chi connectivity index (χ2n) is 3.48. The Bertz CT molecular complexity index is 347. The van der Waals surface area contributed by atoms with Crippen LogP contribution in [0.1, 0.15) is 27.9 Å². The highest BCUT2D eigenvalue weighted by Gasteiger charge is 2.07. The topological polar surface area (TPSA) is 26.3 Å². The molecule has 0 aliphatic rings. The Morgan fingerprint density at radius 1 is 1.33 bits per heavy atom. The molecule has 0 aromatic heterocycles. The zero-order chi connectivity index (χ0) is 11.3. The number of esters is 1. The van der Waals surface area contributed by atoms with Gasteiger partial charge in [-0.15, -0.1) is 0 Å². The van der Waals surface area contributed by atoms with Gasteiger partial charge in [0.05, 0.1) is 12.2 Å². The van der Waals surface area contributed by atoms with Gasteiger partial charge in [-0.25, -0.2) is 4.79 Å². The monoisotopic (exact) mass is 270 g/mol. The van der Waals surface area contributed by atoms with E-state index in [1.807, 2.05) is 26.0 Å². The fraction of sp³-hybridized carbons (Fsp3) is 0.417. The Morgan fingerprint density at radius 2 is 2.07 bits per heavy atom. The van der Waals surface area contributed by atoms with Crippen LogP contribution in [0.25, 0.3) is 0 Å². The van der Waals surface area contributed by atoms with Crippen LogP contribution in [0.3, 0.4) is 0 Å². The van der Waals surface area contributed by atoms with Crippen LogP contribution in [-0.4, -0.2) is 17.9 Å². The van der Waals surface area contributed by atoms with E-state index in [1.165, 1.54) is 5.56 Å². The molecule has 0 heterocycles. The number of aryl methyl sites for hydroxylation is 2. The molecular weight excluding hydrogens is 256 g/mol. The van der Waals surface area contributed by atoms with E-state index in [-0.39, 0.29) is 5.97 Å². The Labute approximate surface area is 98.8 Å². The van der Waals surface area contributed by atoms with Gasteiger partial charge in [0.2, 0.25) is 0 Å². The summed E-state index contributed by atoms with van der Waals surface area (Å²) in [7, 11) is 0. The van der Waals surface area contributed by atoms with Crippen molar-refractivity contribution < 1.29 is 9.53 Å². The van der Waals surface area contributed by atoms with Crippen molar-refractivity contribution in [3.8, 4) is 0 Å². The predicted octanol–water partition coefficient (Wildman–Crippen LogP) is 3.25. The SMILES string of the molecule is Cc1ccc(C(=O)OCCCBr)cc1C. The van der Waals surface area contributed by atoms with E-state index in [4.69, 9.17) is 4.74 Å². The molecule has 1 aromatic rings. The quantitative estimate of drug-likeness (QED) is 0.477. The van der Waals surface area contributed by atoms with Crippen LogP contribution in [0, 0.1) is 13.8 Å². The molecule has 0 unspecified atom stereocenters. The summed E-state index contributed by atoms with van der Waals surface area (Å²) in [4.78, 5) is 11.5. The minimum Gasteiger partial charge on any atom is -0.462 e. The summed E-state index contributed by atoms with van der Waals surface area (Å²) < 4.78 is 5.09. The summed E-state index contributed by atoms with van der Waals surface area (Å²) in [6.07, 6.45) is 0.844. The zero-order valence-electron chi connectivity index (χ0n) is 9.05. The van der Waals surface area contributed by atoms with Crippen LogP contribution in [0.2, 0.25) is 0 Å². The first-order valence-corrected chi connectivity index (χ1v) is 6.07. The molecule has 0 saturated carbocycles. The number of halogens is 1. The molecule has 2 nitrogen and oxygen atoms in total. The largest absolute Gasteiger partial charge is 0.462 e. The van der Waals surface area contributed by atoms with Gasteiger partial charge < -0.3 is 4.74 Å². The predicted molar refractivity (Wildman–Crippen MR) is 64.6 cm³/mol. The average molecular weight is 271 g/mol. The van der Waals surface area contributed by atoms with Crippen molar-refractivity contribution in [2.45, 2.75) is 20.3 Å². The maximum Gasteiger partial charge on any atom is 0.338 e. The summed E-state index contributed by atoms with van der Waals surface area (Å²) >= 11 is 3.29. The van der Waals surface area contributed by atoms with E-state index in [0.29, 0.717) is 12.2 Å². The Morgan fingerprint density at radius 3 is 2.67 bits per heavy atom. The lowest BCUT2D eigenvalue weighted by atomic mass is 10.1. The van der Waals surface area contributed by atoms with Gasteiger partial charge >= 0.3 is 5.97 Å². The fourth-order valence-corrected chi connectivity index (χ4v) is 1.40. The van der Waals surface area contributed by atoms with E-state index < -0.39 is 0 Å². The summed E-state index contributed by atoms with van der Waals surface area (Å²) in [6, 6.07) is 5.61. The fourth-order valence-electron chi connectivity index (χ4n) is 1.17. The summed E-state index contributed by atoms with van der Waals surface area (Å²) in [5, 5.41) is 0.854. The maximum atomic E-state index is 11.5. The van der Waals surface area contributed by atoms with Gasteiger partial charge in [-0.3, -0.25) is 0 Å². The highest BCUT2D eigenvalue weighted by molar-refractivity contribution is 9.09. The minimum atomic E-state index is -0.237. The van der Waals surface area contributed by atoms with Crippen LogP contribution in [0.5, 0.6) is 0 Å². The standard InChI is InChI=1S/C12H15BrO2/c1-9-4-5-11(8-10(9)2)12(14)15-7-3-6-13/h4-5,8H,3,6-7H2,1-2H3. The van der Waals surface area contributed by atoms with E-state index in [0.717, 1.165) is 17.3 Å². The number of rotatable bonds is 4. The van der Waals surface area contributed by atoms with Crippen molar-refractivity contribution in [2.24, 2.45) is 0 Å². The molecule has 1 rings (SSSR count). The molecule has 0 N–H and O–H groups in total. The number of ether oxygens (including phenoxy) is 1. The number of carbonyl (C=O) groups is 1. The smallest absolute Gasteiger partial charge is 0.338 e. The lowest BCUT2D eigenvalue weighted by molar-refractivity contribution is 0.0506. The number of hydrogen-bond donors (Lipinski definition) is 0. The van der Waals surface area contributed by atoms with Crippen LogP contribution in [0.15, 0.2) is 18.2 Å². The van der Waals surface area contributed by atoms with E-state index in [1.54, 1.807) is 6.07 Å². The second kappa shape index (κ2) is 5.91. The normalized spacial score (nSPS) is 10.1. The van der Waals surface area contributed by atoms with Gasteiger partial charge in [-0.05, 0) is 43.5 Å². The Kier molecular flexibility index (Phi) is 4.82. The third-order valence-electron chi connectivity index (χ3n) is 2.25. The van der Waals surface area contributed by atoms with Gasteiger partial charge in [0.25, 0.3) is 0 Å². The number of carbonyl (C=O) groups excluding carboxylic acids is 1. The summed E-state index contributed by atoms with van der Waals surface area (Å²) in [6.45, 7) is 4.48. The van der Waals surface area contributed by atoms with Crippen LogP contribution in [-0.2, 0) is 4.74 Å². The molecule has 82 valence electrons. The zero-order valence-corrected chi connectivity index (χ0v) is 10.6. The van der Waals surface area contributed by atoms with Gasteiger partial charge in [-0.1, -0.05) is 22.0 Å². The van der Waals surface area contributed by atoms with Crippen molar-refractivity contribution in [2.75, 3.05) is 11.9 Å². The lowest BCUT2D eigenvalue weighted by Crippen LogP contribution is -2.07. The average Bonchev–Trinajstić information content (AvgIpc) is 2.22. The molecule has 0 saturated heterocycles. The Balaban J connectivity index is 2.62. The van der Waals surface area contributed by atoms with Crippen molar-refractivity contribution in [3.63, 3.8) is 0 Å². The lowest BCUT2D eigenvalue weighted by Gasteiger charge is -2.05. The highest BCUT2D eigenvalue weighted by Crippen LogP contribution is 2.10. The first-order chi connectivity index (χ1) is 7.15. The molecule has 1 aromatic carbocycles. The molecule has 15 heavy (non-hydrogen) atoms. The van der Waals surface area contributed by atoms with Gasteiger partial charge in [0.1, 0.15) is 0 Å². The molecule has 0 atom stereocenters. The minimum absolute atomic E-state index is 0.237. The van der Waals surface area contributed by atoms with Crippen molar-refractivity contribution in [1.82, 2.24) is 0 Å². The third kappa shape index (κ3) is 3.67. The van der Waals surface area contributed by atoms with Crippen LogP contribution < -0.4 is 0 Å². The van der Waals surface area contributed by atoms with Crippen LogP contribution in [0.4, 0.5) is 0 Å². The molecule has 0 aliphatic carbocycles. The molecule has 0 spiro atoms. The first-order valence-electron chi connectivity index (χ1n) is 4.95. The van der Waals surface area contributed by atoms with Gasteiger partial charge in [0, 0.05) is 5.33 Å². The molecule has 0 amide bonds. The summed E-state index contributed by atoms with van der Waals surface area (Å²) in [5.41, 5.74) is 2.93. The molecule has 3 heteroatoms. The molecule has 0 bridgehead atoms. The second-order valence-corrected chi connectivity index (χ2v) is 4.27.